The molecule has 0 fully saturated rings. The van der Waals surface area contributed by atoms with Crippen LogP contribution < -0.4 is 9.38 Å². The highest BCUT2D eigenvalue weighted by atomic mass is 16.4. The number of furan rings is 1. The van der Waals surface area contributed by atoms with Crippen LogP contribution in [0.3, 0.4) is 0 Å². The molecular formula is C25H25BN3O+. The lowest BCUT2D eigenvalue weighted by atomic mass is 9.59. The third kappa shape index (κ3) is 2.85. The van der Waals surface area contributed by atoms with Crippen molar-refractivity contribution in [2.75, 3.05) is 4.81 Å². The van der Waals surface area contributed by atoms with Gasteiger partial charge in [0.2, 0.25) is 5.71 Å². The van der Waals surface area contributed by atoms with E-state index in [9.17, 15) is 0 Å². The maximum absolute atomic E-state index is 6.35. The van der Waals surface area contributed by atoms with Gasteiger partial charge in [0.25, 0.3) is 11.7 Å². The van der Waals surface area contributed by atoms with Crippen molar-refractivity contribution in [3.8, 4) is 11.1 Å². The zero-order valence-electron chi connectivity index (χ0n) is 18.1. The van der Waals surface area contributed by atoms with Gasteiger partial charge in [0.15, 0.2) is 0 Å². The fourth-order valence-electron chi connectivity index (χ4n) is 4.52. The molecule has 0 unspecified atom stereocenters. The molecule has 0 bridgehead atoms. The number of hydrogen-bond acceptors (Lipinski definition) is 3. The van der Waals surface area contributed by atoms with E-state index in [0.717, 1.165) is 28.3 Å². The van der Waals surface area contributed by atoms with Crippen molar-refractivity contribution in [2.24, 2.45) is 7.05 Å². The number of allylic oxidation sites excluding steroid dienone is 1. The molecule has 1 aliphatic heterocycles. The molecule has 0 saturated carbocycles. The highest BCUT2D eigenvalue weighted by molar-refractivity contribution is 6.70. The molecule has 0 atom stereocenters. The predicted molar refractivity (Wildman–Crippen MR) is 124 cm³/mol. The van der Waals surface area contributed by atoms with Crippen LogP contribution in [-0.4, -0.2) is 11.8 Å². The molecule has 4 nitrogen and oxygen atoms in total. The van der Waals surface area contributed by atoms with Crippen molar-refractivity contribution in [3.05, 3.63) is 77.5 Å². The van der Waals surface area contributed by atoms with Crippen molar-refractivity contribution >= 4 is 35.2 Å². The zero-order valence-corrected chi connectivity index (χ0v) is 18.1. The van der Waals surface area contributed by atoms with Gasteiger partial charge in [-0.1, -0.05) is 36.3 Å². The number of benzene rings is 1. The number of pyridine rings is 2. The third-order valence-corrected chi connectivity index (χ3v) is 5.97. The van der Waals surface area contributed by atoms with Gasteiger partial charge < -0.3 is 4.42 Å². The van der Waals surface area contributed by atoms with Crippen LogP contribution >= 0.6 is 0 Å². The van der Waals surface area contributed by atoms with Crippen molar-refractivity contribution in [1.29, 1.82) is 0 Å². The standard InChI is InChI=1S/C25H25BN3O/c1-16-13-22(28(5)15-21(16)19-9-7-6-8-10-19)29-25-23(17(2)14-26(29)4)20-12-11-18(3)27-24(20)30-25/h6-15H,1-5H3/q+1. The molecule has 4 heterocycles. The second-order valence-electron chi connectivity index (χ2n) is 8.25. The van der Waals surface area contributed by atoms with Gasteiger partial charge in [0.05, 0.1) is 24.2 Å². The van der Waals surface area contributed by atoms with Crippen LogP contribution in [0.15, 0.2) is 65.1 Å². The minimum atomic E-state index is 0.173. The van der Waals surface area contributed by atoms with Crippen LogP contribution in [-0.2, 0) is 7.05 Å². The Hall–Kier alpha value is -3.34. The minimum absolute atomic E-state index is 0.173. The number of aryl methyl sites for hydroxylation is 3. The van der Waals surface area contributed by atoms with E-state index in [1.165, 1.54) is 22.3 Å². The van der Waals surface area contributed by atoms with E-state index in [1.807, 2.05) is 13.0 Å². The van der Waals surface area contributed by atoms with Crippen LogP contribution in [0, 0.1) is 13.8 Å². The van der Waals surface area contributed by atoms with Gasteiger partial charge in [-0.05, 0) is 56.4 Å². The maximum atomic E-state index is 6.35. The van der Waals surface area contributed by atoms with Gasteiger partial charge in [-0.15, -0.1) is 0 Å². The van der Waals surface area contributed by atoms with Crippen LogP contribution in [0.2, 0.25) is 6.82 Å². The quantitative estimate of drug-likeness (QED) is 0.325. The molecule has 0 saturated heterocycles. The van der Waals surface area contributed by atoms with Crippen molar-refractivity contribution in [3.63, 3.8) is 0 Å². The molecule has 1 aliphatic rings. The first-order valence-electron chi connectivity index (χ1n) is 10.4. The molecule has 30 heavy (non-hydrogen) atoms. The molecule has 0 radical (unpaired) electrons. The van der Waals surface area contributed by atoms with Crippen LogP contribution in [0.25, 0.3) is 27.8 Å². The first-order valence-corrected chi connectivity index (χ1v) is 10.4. The normalized spacial score (nSPS) is 13.6. The van der Waals surface area contributed by atoms with E-state index >= 15 is 0 Å². The van der Waals surface area contributed by atoms with E-state index in [4.69, 9.17) is 4.42 Å². The SMILES string of the molecule is CB1C=C(C)c2c(oc3nc(C)ccc23)N1c1cc(C)c(-c2ccccc2)c[n+]1C. The number of aromatic nitrogens is 2. The molecule has 1 aromatic carbocycles. The Bertz CT molecular complexity index is 1310. The average Bonchev–Trinajstić information content (AvgIpc) is 3.09. The molecule has 5 rings (SSSR count). The Morgan fingerprint density at radius 3 is 2.57 bits per heavy atom. The molecule has 5 heteroatoms. The highest BCUT2D eigenvalue weighted by Gasteiger charge is 2.39. The Kier molecular flexibility index (Phi) is 4.28. The van der Waals surface area contributed by atoms with E-state index < -0.39 is 0 Å². The number of hydrogen-bond donors (Lipinski definition) is 0. The second kappa shape index (κ2) is 6.87. The molecule has 3 aromatic heterocycles. The summed E-state index contributed by atoms with van der Waals surface area (Å²) >= 11 is 0. The Morgan fingerprint density at radius 2 is 1.80 bits per heavy atom. The Balaban J connectivity index is 1.70. The van der Waals surface area contributed by atoms with E-state index in [1.54, 1.807) is 0 Å². The van der Waals surface area contributed by atoms with Crippen molar-refractivity contribution in [1.82, 2.24) is 4.98 Å². The molecule has 0 aliphatic carbocycles. The summed E-state index contributed by atoms with van der Waals surface area (Å²) in [6, 6.07) is 16.9. The number of fused-ring (bicyclic) bond motifs is 3. The first-order chi connectivity index (χ1) is 14.4. The lowest BCUT2D eigenvalue weighted by Gasteiger charge is -2.24. The van der Waals surface area contributed by atoms with Gasteiger partial charge in [-0.3, -0.25) is 4.81 Å². The van der Waals surface area contributed by atoms with Gasteiger partial charge in [0.1, 0.15) is 0 Å². The van der Waals surface area contributed by atoms with Crippen LogP contribution in [0.1, 0.15) is 23.7 Å². The van der Waals surface area contributed by atoms with Crippen molar-refractivity contribution < 1.29 is 8.98 Å². The van der Waals surface area contributed by atoms with Gasteiger partial charge >= 0.3 is 6.85 Å². The molecule has 0 spiro atoms. The van der Waals surface area contributed by atoms with Crippen LogP contribution in [0.5, 0.6) is 0 Å². The predicted octanol–water partition coefficient (Wildman–Crippen LogP) is 5.65. The molecule has 0 amide bonds. The summed E-state index contributed by atoms with van der Waals surface area (Å²) < 4.78 is 8.54. The fourth-order valence-corrected chi connectivity index (χ4v) is 4.52. The molecule has 148 valence electrons. The smallest absolute Gasteiger partial charge is 0.404 e. The molecule has 4 aromatic rings. The summed E-state index contributed by atoms with van der Waals surface area (Å²) in [5.74, 6) is 4.27. The average molecular weight is 394 g/mol. The van der Waals surface area contributed by atoms with E-state index in [2.05, 4.69) is 96.7 Å². The molecule has 0 N–H and O–H groups in total. The maximum Gasteiger partial charge on any atom is 0.406 e. The summed E-state index contributed by atoms with van der Waals surface area (Å²) in [7, 11) is 2.10. The largest absolute Gasteiger partial charge is 0.406 e. The summed E-state index contributed by atoms with van der Waals surface area (Å²) in [4.78, 5) is 6.91. The fraction of sp³-hybridized carbons (Fsp3) is 0.200. The lowest BCUT2D eigenvalue weighted by Crippen LogP contribution is -2.44. The topological polar surface area (TPSA) is 33.2 Å². The second-order valence-corrected chi connectivity index (χ2v) is 8.25. The van der Waals surface area contributed by atoms with Gasteiger partial charge in [0, 0.05) is 17.3 Å². The Labute approximate surface area is 177 Å². The lowest BCUT2D eigenvalue weighted by molar-refractivity contribution is -0.657. The monoisotopic (exact) mass is 394 g/mol. The third-order valence-electron chi connectivity index (χ3n) is 5.97. The van der Waals surface area contributed by atoms with Gasteiger partial charge in [-0.25, -0.2) is 9.55 Å². The van der Waals surface area contributed by atoms with Gasteiger partial charge in [-0.2, -0.15) is 0 Å². The number of rotatable bonds is 2. The Morgan fingerprint density at radius 1 is 1.03 bits per heavy atom. The minimum Gasteiger partial charge on any atom is -0.404 e. The number of anilines is 2. The van der Waals surface area contributed by atoms with Crippen LogP contribution in [0.4, 0.5) is 11.7 Å². The number of nitrogens with zero attached hydrogens (tertiary/aromatic N) is 3. The highest BCUT2D eigenvalue weighted by Crippen LogP contribution is 2.43. The summed E-state index contributed by atoms with van der Waals surface area (Å²) in [6.07, 6.45) is 2.21. The zero-order chi connectivity index (χ0) is 21.0. The summed E-state index contributed by atoms with van der Waals surface area (Å²) in [5.41, 5.74) is 7.73. The van der Waals surface area contributed by atoms with Crippen molar-refractivity contribution in [2.45, 2.75) is 27.6 Å². The summed E-state index contributed by atoms with van der Waals surface area (Å²) in [5, 5.41) is 1.07. The van der Waals surface area contributed by atoms with E-state index in [0.29, 0.717) is 5.71 Å². The first kappa shape index (κ1) is 18.7. The van der Waals surface area contributed by atoms with E-state index in [-0.39, 0.29) is 6.85 Å². The summed E-state index contributed by atoms with van der Waals surface area (Å²) in [6.45, 7) is 8.71. The molecular weight excluding hydrogens is 369 g/mol.